The Morgan fingerprint density at radius 1 is 1.05 bits per heavy atom. The number of methoxy groups -OCH3 is 1. The quantitative estimate of drug-likeness (QED) is 0.834. The van der Waals surface area contributed by atoms with E-state index in [9.17, 15) is 5.11 Å². The number of ether oxygens (including phenoxy) is 1. The lowest BCUT2D eigenvalue weighted by atomic mass is 10.1. The summed E-state index contributed by atoms with van der Waals surface area (Å²) in [4.78, 5) is 0. The Morgan fingerprint density at radius 2 is 1.74 bits per heavy atom. The first-order valence-corrected chi connectivity index (χ1v) is 6.40. The van der Waals surface area contributed by atoms with Gasteiger partial charge in [0.15, 0.2) is 0 Å². The number of anilines is 1. The minimum atomic E-state index is -0.424. The molecular formula is C16H19NO2. The molecule has 2 aromatic rings. The standard InChI is InChI=1S/C16H19NO2/c1-19-15-9-7-14(8-10-15)17-12-11-16(18)13-5-3-2-4-6-13/h2-10,16-18H,11-12H2,1H3/t16-/m1/s1. The van der Waals surface area contributed by atoms with Crippen LogP contribution in [0, 0.1) is 0 Å². The van der Waals surface area contributed by atoms with Crippen molar-refractivity contribution in [2.45, 2.75) is 12.5 Å². The molecule has 1 atom stereocenters. The van der Waals surface area contributed by atoms with E-state index in [2.05, 4.69) is 5.32 Å². The molecule has 2 aromatic carbocycles. The molecule has 0 spiro atoms. The van der Waals surface area contributed by atoms with Gasteiger partial charge in [-0.15, -0.1) is 0 Å². The molecule has 0 aromatic heterocycles. The number of aliphatic hydroxyl groups excluding tert-OH is 1. The molecule has 0 heterocycles. The molecule has 0 amide bonds. The van der Waals surface area contributed by atoms with Gasteiger partial charge in [-0.1, -0.05) is 30.3 Å². The van der Waals surface area contributed by atoms with Crippen molar-refractivity contribution in [3.05, 3.63) is 60.2 Å². The summed E-state index contributed by atoms with van der Waals surface area (Å²) in [6.07, 6.45) is 0.253. The highest BCUT2D eigenvalue weighted by Crippen LogP contribution is 2.18. The van der Waals surface area contributed by atoms with Gasteiger partial charge >= 0.3 is 0 Å². The van der Waals surface area contributed by atoms with Crippen molar-refractivity contribution < 1.29 is 9.84 Å². The minimum absolute atomic E-state index is 0.424. The van der Waals surface area contributed by atoms with Crippen molar-refractivity contribution in [3.63, 3.8) is 0 Å². The molecule has 2 rings (SSSR count). The van der Waals surface area contributed by atoms with Crippen molar-refractivity contribution in [1.82, 2.24) is 0 Å². The van der Waals surface area contributed by atoms with Crippen LogP contribution in [0.2, 0.25) is 0 Å². The highest BCUT2D eigenvalue weighted by Gasteiger charge is 2.05. The molecule has 2 N–H and O–H groups in total. The number of benzene rings is 2. The van der Waals surface area contributed by atoms with Gasteiger partial charge in [-0.25, -0.2) is 0 Å². The number of hydrogen-bond acceptors (Lipinski definition) is 3. The number of hydrogen-bond donors (Lipinski definition) is 2. The molecule has 0 aliphatic carbocycles. The predicted molar refractivity (Wildman–Crippen MR) is 77.5 cm³/mol. The van der Waals surface area contributed by atoms with Crippen LogP contribution >= 0.6 is 0 Å². The molecule has 0 aliphatic heterocycles. The van der Waals surface area contributed by atoms with E-state index in [-0.39, 0.29) is 0 Å². The van der Waals surface area contributed by atoms with Crippen molar-refractivity contribution in [2.24, 2.45) is 0 Å². The van der Waals surface area contributed by atoms with Crippen LogP contribution in [0.15, 0.2) is 54.6 Å². The SMILES string of the molecule is COc1ccc(NCC[C@@H](O)c2ccccc2)cc1. The van der Waals surface area contributed by atoms with Gasteiger partial charge in [0.05, 0.1) is 13.2 Å². The maximum Gasteiger partial charge on any atom is 0.119 e. The fourth-order valence-corrected chi connectivity index (χ4v) is 1.90. The lowest BCUT2D eigenvalue weighted by Crippen LogP contribution is -2.07. The molecule has 100 valence electrons. The molecule has 0 aliphatic rings. The van der Waals surface area contributed by atoms with Crippen LogP contribution in [0.3, 0.4) is 0 Å². The predicted octanol–water partition coefficient (Wildman–Crippen LogP) is 3.23. The Balaban J connectivity index is 1.79. The van der Waals surface area contributed by atoms with Crippen molar-refractivity contribution in [3.8, 4) is 5.75 Å². The Hall–Kier alpha value is -2.00. The van der Waals surface area contributed by atoms with E-state index in [0.717, 1.165) is 23.5 Å². The van der Waals surface area contributed by atoms with E-state index in [1.54, 1.807) is 7.11 Å². The fourth-order valence-electron chi connectivity index (χ4n) is 1.90. The maximum atomic E-state index is 10.0. The molecule has 0 radical (unpaired) electrons. The summed E-state index contributed by atoms with van der Waals surface area (Å²) in [6, 6.07) is 17.5. The highest BCUT2D eigenvalue weighted by atomic mass is 16.5. The van der Waals surface area contributed by atoms with E-state index >= 15 is 0 Å². The Morgan fingerprint density at radius 3 is 2.37 bits per heavy atom. The molecule has 0 saturated carbocycles. The van der Waals surface area contributed by atoms with Gasteiger partial charge in [0.25, 0.3) is 0 Å². The summed E-state index contributed by atoms with van der Waals surface area (Å²) in [5.74, 6) is 0.842. The van der Waals surface area contributed by atoms with Gasteiger partial charge in [0.2, 0.25) is 0 Å². The summed E-state index contributed by atoms with van der Waals surface area (Å²) < 4.78 is 5.10. The van der Waals surface area contributed by atoms with Crippen LogP contribution in [-0.4, -0.2) is 18.8 Å². The topological polar surface area (TPSA) is 41.5 Å². The second-order valence-corrected chi connectivity index (χ2v) is 4.37. The highest BCUT2D eigenvalue weighted by molar-refractivity contribution is 5.46. The second kappa shape index (κ2) is 6.81. The van der Waals surface area contributed by atoms with Crippen LogP contribution in [0.1, 0.15) is 18.1 Å². The van der Waals surface area contributed by atoms with E-state index in [0.29, 0.717) is 6.42 Å². The van der Waals surface area contributed by atoms with Crippen LogP contribution in [0.4, 0.5) is 5.69 Å². The van der Waals surface area contributed by atoms with E-state index in [1.165, 1.54) is 0 Å². The van der Waals surface area contributed by atoms with Gasteiger partial charge in [0.1, 0.15) is 5.75 Å². The summed E-state index contributed by atoms with van der Waals surface area (Å²) in [6.45, 7) is 0.725. The van der Waals surface area contributed by atoms with Gasteiger partial charge in [-0.2, -0.15) is 0 Å². The largest absolute Gasteiger partial charge is 0.497 e. The van der Waals surface area contributed by atoms with Crippen LogP contribution in [0.25, 0.3) is 0 Å². The number of aliphatic hydroxyl groups is 1. The van der Waals surface area contributed by atoms with E-state index in [1.807, 2.05) is 54.6 Å². The Bertz CT molecular complexity index is 482. The zero-order valence-corrected chi connectivity index (χ0v) is 11.0. The average Bonchev–Trinajstić information content (AvgIpc) is 2.49. The molecule has 3 nitrogen and oxygen atoms in total. The third-order valence-corrected chi connectivity index (χ3v) is 3.02. The van der Waals surface area contributed by atoms with Gasteiger partial charge in [-0.3, -0.25) is 0 Å². The summed E-state index contributed by atoms with van der Waals surface area (Å²) in [7, 11) is 1.65. The first-order valence-electron chi connectivity index (χ1n) is 6.40. The number of rotatable bonds is 6. The summed E-state index contributed by atoms with van der Waals surface area (Å²) in [5.41, 5.74) is 1.99. The second-order valence-electron chi connectivity index (χ2n) is 4.37. The lowest BCUT2D eigenvalue weighted by molar-refractivity contribution is 0.171. The Labute approximate surface area is 113 Å². The molecule has 3 heteroatoms. The zero-order chi connectivity index (χ0) is 13.5. The third kappa shape index (κ3) is 4.00. The van der Waals surface area contributed by atoms with Gasteiger partial charge in [0, 0.05) is 12.2 Å². The van der Waals surface area contributed by atoms with Crippen molar-refractivity contribution >= 4 is 5.69 Å². The van der Waals surface area contributed by atoms with Crippen LogP contribution in [0.5, 0.6) is 5.75 Å². The molecule has 0 fully saturated rings. The van der Waals surface area contributed by atoms with E-state index < -0.39 is 6.10 Å². The molecule has 0 saturated heterocycles. The normalized spacial score (nSPS) is 11.9. The smallest absolute Gasteiger partial charge is 0.119 e. The van der Waals surface area contributed by atoms with Gasteiger partial charge in [-0.05, 0) is 36.2 Å². The fraction of sp³-hybridized carbons (Fsp3) is 0.250. The molecule has 0 unspecified atom stereocenters. The van der Waals surface area contributed by atoms with Crippen molar-refractivity contribution in [1.29, 1.82) is 0 Å². The summed E-state index contributed by atoms with van der Waals surface area (Å²) >= 11 is 0. The first kappa shape index (κ1) is 13.4. The summed E-state index contributed by atoms with van der Waals surface area (Å²) in [5, 5.41) is 13.3. The Kier molecular flexibility index (Phi) is 4.81. The average molecular weight is 257 g/mol. The third-order valence-electron chi connectivity index (χ3n) is 3.02. The van der Waals surface area contributed by atoms with Gasteiger partial charge < -0.3 is 15.2 Å². The number of nitrogens with one attached hydrogen (secondary N) is 1. The molecule has 19 heavy (non-hydrogen) atoms. The molecule has 0 bridgehead atoms. The zero-order valence-electron chi connectivity index (χ0n) is 11.0. The maximum absolute atomic E-state index is 10.0. The molecular weight excluding hydrogens is 238 g/mol. The van der Waals surface area contributed by atoms with Crippen molar-refractivity contribution in [2.75, 3.05) is 19.0 Å². The van der Waals surface area contributed by atoms with Crippen LogP contribution in [-0.2, 0) is 0 Å². The van der Waals surface area contributed by atoms with E-state index in [4.69, 9.17) is 4.74 Å². The van der Waals surface area contributed by atoms with Crippen LogP contribution < -0.4 is 10.1 Å². The lowest BCUT2D eigenvalue weighted by Gasteiger charge is -2.12. The monoisotopic (exact) mass is 257 g/mol. The minimum Gasteiger partial charge on any atom is -0.497 e. The first-order chi connectivity index (χ1) is 9.29.